The molecule has 1 atom stereocenters. The minimum absolute atomic E-state index is 0.0850. The largest absolute Gasteiger partial charge is 0.378 e. The summed E-state index contributed by atoms with van der Waals surface area (Å²) in [6.07, 6.45) is 0.199. The summed E-state index contributed by atoms with van der Waals surface area (Å²) in [6.45, 7) is 8.98. The van der Waals surface area contributed by atoms with Crippen molar-refractivity contribution in [2.24, 2.45) is 5.92 Å². The number of carbonyl (C=O) groups excluding carboxylic acids is 3. The highest BCUT2D eigenvalue weighted by Crippen LogP contribution is 2.19. The number of hydrogen-bond acceptors (Lipinski definition) is 5. The molecule has 0 aliphatic carbocycles. The van der Waals surface area contributed by atoms with Crippen molar-refractivity contribution in [2.45, 2.75) is 33.2 Å². The van der Waals surface area contributed by atoms with E-state index in [9.17, 15) is 14.4 Å². The smallest absolute Gasteiger partial charge is 0.245 e. The van der Waals surface area contributed by atoms with Gasteiger partial charge in [-0.2, -0.15) is 0 Å². The maximum absolute atomic E-state index is 13.2. The number of amides is 3. The van der Waals surface area contributed by atoms with Crippen molar-refractivity contribution >= 4 is 29.1 Å². The standard InChI is InChI=1S/C27H36N4O4/c1-4-30(27(34)26(20(2)3)29-24(32)18-21-8-6-5-7-9-21)19-25(33)28-22-10-12-23(13-11-22)31-14-16-35-17-15-31/h5-13,20,26H,4,14-19H2,1-3H3,(H,28,33)(H,29,32). The van der Waals surface area contributed by atoms with Gasteiger partial charge in [0.2, 0.25) is 17.7 Å². The van der Waals surface area contributed by atoms with Gasteiger partial charge in [0.15, 0.2) is 0 Å². The minimum atomic E-state index is -0.702. The van der Waals surface area contributed by atoms with Crippen LogP contribution in [-0.4, -0.2) is 68.1 Å². The lowest BCUT2D eigenvalue weighted by molar-refractivity contribution is -0.139. The summed E-state index contributed by atoms with van der Waals surface area (Å²) in [7, 11) is 0. The molecule has 3 rings (SSSR count). The zero-order valence-electron chi connectivity index (χ0n) is 20.8. The van der Waals surface area contributed by atoms with Gasteiger partial charge >= 0.3 is 0 Å². The van der Waals surface area contributed by atoms with E-state index in [0.29, 0.717) is 25.4 Å². The van der Waals surface area contributed by atoms with Crippen LogP contribution in [0.4, 0.5) is 11.4 Å². The van der Waals surface area contributed by atoms with Crippen LogP contribution in [0.5, 0.6) is 0 Å². The Morgan fingerprint density at radius 3 is 2.23 bits per heavy atom. The topological polar surface area (TPSA) is 91.0 Å². The zero-order valence-corrected chi connectivity index (χ0v) is 20.8. The van der Waals surface area contributed by atoms with E-state index >= 15 is 0 Å². The van der Waals surface area contributed by atoms with E-state index in [1.54, 1.807) is 0 Å². The van der Waals surface area contributed by atoms with Crippen LogP contribution in [0.2, 0.25) is 0 Å². The summed E-state index contributed by atoms with van der Waals surface area (Å²) in [6, 6.07) is 16.4. The predicted molar refractivity (Wildman–Crippen MR) is 137 cm³/mol. The summed E-state index contributed by atoms with van der Waals surface area (Å²) < 4.78 is 5.39. The van der Waals surface area contributed by atoms with Gasteiger partial charge in [-0.1, -0.05) is 44.2 Å². The molecule has 0 saturated carbocycles. The minimum Gasteiger partial charge on any atom is -0.378 e. The molecule has 1 aliphatic heterocycles. The van der Waals surface area contributed by atoms with E-state index in [1.807, 2.05) is 75.4 Å². The van der Waals surface area contributed by atoms with E-state index < -0.39 is 6.04 Å². The normalized spacial score (nSPS) is 14.3. The van der Waals surface area contributed by atoms with Crippen LogP contribution in [-0.2, 0) is 25.5 Å². The second-order valence-electron chi connectivity index (χ2n) is 9.00. The van der Waals surface area contributed by atoms with Gasteiger partial charge in [0.05, 0.1) is 26.2 Å². The van der Waals surface area contributed by atoms with Crippen LogP contribution in [0.3, 0.4) is 0 Å². The molecule has 0 bridgehead atoms. The molecule has 1 saturated heterocycles. The number of likely N-dealkylation sites (N-methyl/N-ethyl adjacent to an activating group) is 1. The van der Waals surface area contributed by atoms with Gasteiger partial charge in [0, 0.05) is 31.0 Å². The van der Waals surface area contributed by atoms with Crippen LogP contribution >= 0.6 is 0 Å². The van der Waals surface area contributed by atoms with Crippen molar-refractivity contribution in [3.8, 4) is 0 Å². The number of anilines is 2. The average molecular weight is 481 g/mol. The van der Waals surface area contributed by atoms with Crippen molar-refractivity contribution in [3.63, 3.8) is 0 Å². The van der Waals surface area contributed by atoms with Crippen LogP contribution < -0.4 is 15.5 Å². The number of carbonyl (C=O) groups is 3. The molecule has 1 unspecified atom stereocenters. The molecule has 2 aromatic rings. The third kappa shape index (κ3) is 7.82. The maximum Gasteiger partial charge on any atom is 0.245 e. The van der Waals surface area contributed by atoms with Gasteiger partial charge in [0.1, 0.15) is 6.04 Å². The Morgan fingerprint density at radius 2 is 1.63 bits per heavy atom. The lowest BCUT2D eigenvalue weighted by Crippen LogP contribution is -2.53. The number of benzene rings is 2. The van der Waals surface area contributed by atoms with E-state index in [2.05, 4.69) is 15.5 Å². The Kier molecular flexibility index (Phi) is 9.66. The average Bonchev–Trinajstić information content (AvgIpc) is 2.87. The highest BCUT2D eigenvalue weighted by Gasteiger charge is 2.29. The molecule has 8 nitrogen and oxygen atoms in total. The van der Waals surface area contributed by atoms with E-state index in [4.69, 9.17) is 4.74 Å². The summed E-state index contributed by atoms with van der Waals surface area (Å²) in [5.41, 5.74) is 2.64. The van der Waals surface area contributed by atoms with Crippen LogP contribution in [0, 0.1) is 5.92 Å². The fourth-order valence-electron chi connectivity index (χ4n) is 4.01. The van der Waals surface area contributed by atoms with Gasteiger partial charge in [-0.25, -0.2) is 0 Å². The molecule has 1 heterocycles. The second-order valence-corrected chi connectivity index (χ2v) is 9.00. The van der Waals surface area contributed by atoms with Gasteiger partial charge in [-0.15, -0.1) is 0 Å². The molecule has 0 radical (unpaired) electrons. The molecule has 35 heavy (non-hydrogen) atoms. The van der Waals surface area contributed by atoms with E-state index in [-0.39, 0.29) is 36.6 Å². The van der Waals surface area contributed by atoms with Gasteiger partial charge in [-0.3, -0.25) is 14.4 Å². The second kappa shape index (κ2) is 12.9. The molecule has 188 valence electrons. The van der Waals surface area contributed by atoms with Gasteiger partial charge < -0.3 is 25.2 Å². The van der Waals surface area contributed by atoms with Crippen LogP contribution in [0.15, 0.2) is 54.6 Å². The molecule has 3 amide bonds. The first kappa shape index (κ1) is 26.2. The zero-order chi connectivity index (χ0) is 25.2. The molecule has 1 fully saturated rings. The first-order chi connectivity index (χ1) is 16.9. The molecular formula is C27H36N4O4. The predicted octanol–water partition coefficient (Wildman–Crippen LogP) is 2.69. The Balaban J connectivity index is 1.56. The van der Waals surface area contributed by atoms with Crippen molar-refractivity contribution in [2.75, 3.05) is 49.6 Å². The van der Waals surface area contributed by atoms with Gasteiger partial charge in [0.25, 0.3) is 0 Å². The summed E-state index contributed by atoms with van der Waals surface area (Å²) in [5, 5.41) is 5.73. The highest BCUT2D eigenvalue weighted by molar-refractivity contribution is 5.96. The molecule has 0 spiro atoms. The van der Waals surface area contributed by atoms with Crippen molar-refractivity contribution in [1.82, 2.24) is 10.2 Å². The number of nitrogens with zero attached hydrogens (tertiary/aromatic N) is 2. The SMILES string of the molecule is CCN(CC(=O)Nc1ccc(N2CCOCC2)cc1)C(=O)C(NC(=O)Cc1ccccc1)C(C)C. The Hall–Kier alpha value is -3.39. The van der Waals surface area contributed by atoms with Crippen molar-refractivity contribution in [3.05, 3.63) is 60.2 Å². The quantitative estimate of drug-likeness (QED) is 0.546. The summed E-state index contributed by atoms with van der Waals surface area (Å²) in [4.78, 5) is 42.2. The lowest BCUT2D eigenvalue weighted by Gasteiger charge is -2.29. The summed E-state index contributed by atoms with van der Waals surface area (Å²) >= 11 is 0. The molecule has 0 aromatic heterocycles. The number of ether oxygens (including phenoxy) is 1. The van der Waals surface area contributed by atoms with Crippen LogP contribution in [0.25, 0.3) is 0 Å². The third-order valence-electron chi connectivity index (χ3n) is 6.01. The number of hydrogen-bond donors (Lipinski definition) is 2. The maximum atomic E-state index is 13.2. The molecule has 2 aromatic carbocycles. The van der Waals surface area contributed by atoms with Gasteiger partial charge in [-0.05, 0) is 42.7 Å². The fraction of sp³-hybridized carbons (Fsp3) is 0.444. The monoisotopic (exact) mass is 480 g/mol. The number of nitrogens with one attached hydrogen (secondary N) is 2. The number of rotatable bonds is 10. The Labute approximate surface area is 207 Å². The first-order valence-corrected chi connectivity index (χ1v) is 12.2. The third-order valence-corrected chi connectivity index (χ3v) is 6.01. The summed E-state index contributed by atoms with van der Waals surface area (Å²) in [5.74, 6) is -0.879. The molecule has 8 heteroatoms. The lowest BCUT2D eigenvalue weighted by atomic mass is 10.0. The first-order valence-electron chi connectivity index (χ1n) is 12.2. The van der Waals surface area contributed by atoms with E-state index in [1.165, 1.54) is 4.90 Å². The molecular weight excluding hydrogens is 444 g/mol. The van der Waals surface area contributed by atoms with E-state index in [0.717, 1.165) is 24.3 Å². The number of morpholine rings is 1. The fourth-order valence-corrected chi connectivity index (χ4v) is 4.01. The Morgan fingerprint density at radius 1 is 0.971 bits per heavy atom. The van der Waals surface area contributed by atoms with Crippen LogP contribution in [0.1, 0.15) is 26.3 Å². The highest BCUT2D eigenvalue weighted by atomic mass is 16.5. The van der Waals surface area contributed by atoms with Crippen molar-refractivity contribution < 1.29 is 19.1 Å². The Bertz CT molecular complexity index is 972. The molecule has 2 N–H and O–H groups in total. The molecule has 1 aliphatic rings. The van der Waals surface area contributed by atoms with Crippen molar-refractivity contribution in [1.29, 1.82) is 0 Å².